The molecule has 0 aliphatic carbocycles. The van der Waals surface area contributed by atoms with Crippen molar-refractivity contribution in [2.45, 2.75) is 13.1 Å². The van der Waals surface area contributed by atoms with Crippen molar-refractivity contribution in [3.63, 3.8) is 0 Å². The molecule has 0 saturated heterocycles. The lowest BCUT2D eigenvalue weighted by molar-refractivity contribution is -0.130. The molecule has 7 nitrogen and oxygen atoms in total. The van der Waals surface area contributed by atoms with Gasteiger partial charge < -0.3 is 20.7 Å². The first-order chi connectivity index (χ1) is 12.6. The fourth-order valence-corrected chi connectivity index (χ4v) is 2.83. The van der Waals surface area contributed by atoms with Crippen molar-refractivity contribution in [1.29, 1.82) is 10.8 Å². The Hall–Kier alpha value is -3.48. The molecular formula is C19H19N5O2. The zero-order valence-electron chi connectivity index (χ0n) is 14.1. The van der Waals surface area contributed by atoms with E-state index < -0.39 is 0 Å². The maximum absolute atomic E-state index is 12.3. The maximum atomic E-state index is 12.3. The highest BCUT2D eigenvalue weighted by atomic mass is 16.3. The van der Waals surface area contributed by atoms with Crippen molar-refractivity contribution in [2.24, 2.45) is 4.99 Å². The van der Waals surface area contributed by atoms with E-state index in [1.54, 1.807) is 23.1 Å². The van der Waals surface area contributed by atoms with Crippen LogP contribution in [0.2, 0.25) is 0 Å². The van der Waals surface area contributed by atoms with Crippen LogP contribution in [0.4, 0.5) is 0 Å². The summed E-state index contributed by atoms with van der Waals surface area (Å²) in [5.41, 5.74) is 4.15. The molecule has 1 aliphatic heterocycles. The molecule has 3 rings (SSSR count). The van der Waals surface area contributed by atoms with Gasteiger partial charge in [-0.05, 0) is 40.5 Å². The van der Waals surface area contributed by atoms with Gasteiger partial charge in [0.05, 0.1) is 19.1 Å². The number of hydrogen-bond donors (Lipinski definition) is 4. The topological polar surface area (TPSA) is 113 Å². The van der Waals surface area contributed by atoms with E-state index in [9.17, 15) is 9.90 Å². The Bertz CT molecular complexity index is 891. The molecule has 1 heterocycles. The molecule has 0 fully saturated rings. The largest absolute Gasteiger partial charge is 0.508 e. The summed E-state index contributed by atoms with van der Waals surface area (Å²) >= 11 is 0. The summed E-state index contributed by atoms with van der Waals surface area (Å²) in [4.78, 5) is 17.7. The Kier molecular flexibility index (Phi) is 5.07. The molecular weight excluding hydrogens is 330 g/mol. The van der Waals surface area contributed by atoms with Crippen molar-refractivity contribution >= 4 is 24.3 Å². The van der Waals surface area contributed by atoms with E-state index >= 15 is 0 Å². The Morgan fingerprint density at radius 2 is 1.96 bits per heavy atom. The lowest BCUT2D eigenvalue weighted by Crippen LogP contribution is -2.34. The van der Waals surface area contributed by atoms with Crippen LogP contribution in [0.1, 0.15) is 11.1 Å². The number of phenols is 1. The molecule has 7 heteroatoms. The zero-order valence-corrected chi connectivity index (χ0v) is 14.1. The molecule has 0 bridgehead atoms. The van der Waals surface area contributed by atoms with Gasteiger partial charge in [0.15, 0.2) is 5.84 Å². The molecule has 0 radical (unpaired) electrons. The average Bonchev–Trinajstić information content (AvgIpc) is 3.08. The Labute approximate surface area is 151 Å². The molecule has 2 aromatic carbocycles. The predicted molar refractivity (Wildman–Crippen MR) is 101 cm³/mol. The lowest BCUT2D eigenvalue weighted by atomic mass is 10.0. The summed E-state index contributed by atoms with van der Waals surface area (Å²) in [6.45, 7) is 1.18. The highest BCUT2D eigenvalue weighted by Crippen LogP contribution is 2.29. The Morgan fingerprint density at radius 1 is 1.19 bits per heavy atom. The van der Waals surface area contributed by atoms with Gasteiger partial charge in [-0.2, -0.15) is 0 Å². The molecule has 0 unspecified atom stereocenters. The number of amides is 1. The van der Waals surface area contributed by atoms with E-state index in [1.165, 1.54) is 6.34 Å². The number of aromatic hydroxyl groups is 1. The van der Waals surface area contributed by atoms with Crippen molar-refractivity contribution in [1.82, 2.24) is 10.2 Å². The maximum Gasteiger partial charge on any atom is 0.242 e. The second-order valence-electron chi connectivity index (χ2n) is 5.95. The standard InChI is InChI=1S/C19H19N5O2/c20-8-18(21)23-12-22-9-19(26)24-10-15-5-4-14(6-16(15)11-24)13-2-1-3-17(25)7-13/h1-8,12,20,25H,9-11H2,(H2,21,22,23). The molecule has 132 valence electrons. The molecule has 1 aliphatic rings. The van der Waals surface area contributed by atoms with E-state index in [1.807, 2.05) is 18.2 Å². The van der Waals surface area contributed by atoms with E-state index in [0.29, 0.717) is 13.1 Å². The minimum atomic E-state index is -0.182. The molecule has 0 spiro atoms. The van der Waals surface area contributed by atoms with Crippen LogP contribution >= 0.6 is 0 Å². The normalized spacial score (nSPS) is 12.8. The van der Waals surface area contributed by atoms with E-state index in [0.717, 1.165) is 28.5 Å². The number of benzene rings is 2. The molecule has 0 saturated carbocycles. The highest BCUT2D eigenvalue weighted by molar-refractivity contribution is 6.28. The lowest BCUT2D eigenvalue weighted by Gasteiger charge is -2.14. The number of amidine groups is 1. The van der Waals surface area contributed by atoms with Crippen LogP contribution < -0.4 is 5.32 Å². The first-order valence-electron chi connectivity index (χ1n) is 8.11. The molecule has 4 N–H and O–H groups in total. The SMILES string of the molecule is N=CC(=N)/N=C\NCC(=O)N1Cc2ccc(-c3cccc(O)c3)cc2C1. The third-order valence-corrected chi connectivity index (χ3v) is 4.15. The van der Waals surface area contributed by atoms with E-state index in [2.05, 4.69) is 16.4 Å². The predicted octanol–water partition coefficient (Wildman–Crippen LogP) is 2.15. The van der Waals surface area contributed by atoms with Crippen LogP contribution in [0.3, 0.4) is 0 Å². The summed E-state index contributed by atoms with van der Waals surface area (Å²) in [5.74, 6) is -0.0189. The quantitative estimate of drug-likeness (QED) is 0.490. The van der Waals surface area contributed by atoms with Crippen molar-refractivity contribution in [3.8, 4) is 16.9 Å². The summed E-state index contributed by atoms with van der Waals surface area (Å²) in [6.07, 6.45) is 2.08. The van der Waals surface area contributed by atoms with Crippen molar-refractivity contribution in [3.05, 3.63) is 53.6 Å². The number of rotatable bonds is 5. The first-order valence-corrected chi connectivity index (χ1v) is 8.11. The zero-order chi connectivity index (χ0) is 18.5. The number of phenolic OH excluding ortho intramolecular Hbond substituents is 1. The minimum Gasteiger partial charge on any atom is -0.508 e. The van der Waals surface area contributed by atoms with Crippen LogP contribution in [0.25, 0.3) is 11.1 Å². The summed E-state index contributed by atoms with van der Waals surface area (Å²) < 4.78 is 0. The fraction of sp³-hybridized carbons (Fsp3) is 0.158. The number of carbonyl (C=O) groups is 1. The summed E-state index contributed by atoms with van der Waals surface area (Å²) in [5, 5.41) is 26.4. The molecule has 26 heavy (non-hydrogen) atoms. The summed E-state index contributed by atoms with van der Waals surface area (Å²) in [7, 11) is 0. The number of carbonyl (C=O) groups excluding carboxylic acids is 1. The van der Waals surface area contributed by atoms with Gasteiger partial charge in [0.25, 0.3) is 0 Å². The molecule has 0 atom stereocenters. The van der Waals surface area contributed by atoms with Gasteiger partial charge in [-0.1, -0.05) is 24.3 Å². The number of aliphatic imine (C=N–C) groups is 1. The number of hydrogen-bond acceptors (Lipinski definition) is 4. The van der Waals surface area contributed by atoms with E-state index in [-0.39, 0.29) is 24.0 Å². The summed E-state index contributed by atoms with van der Waals surface area (Å²) in [6, 6.07) is 13.2. The van der Waals surface area contributed by atoms with Crippen LogP contribution in [-0.4, -0.2) is 40.8 Å². The highest BCUT2D eigenvalue weighted by Gasteiger charge is 2.23. The monoisotopic (exact) mass is 349 g/mol. The fourth-order valence-electron chi connectivity index (χ4n) is 2.83. The number of fused-ring (bicyclic) bond motifs is 1. The van der Waals surface area contributed by atoms with Crippen LogP contribution in [-0.2, 0) is 17.9 Å². The van der Waals surface area contributed by atoms with Crippen molar-refractivity contribution < 1.29 is 9.90 Å². The third kappa shape index (κ3) is 3.94. The first kappa shape index (κ1) is 17.3. The van der Waals surface area contributed by atoms with Gasteiger partial charge in [0.2, 0.25) is 5.91 Å². The van der Waals surface area contributed by atoms with Crippen molar-refractivity contribution in [2.75, 3.05) is 6.54 Å². The second kappa shape index (κ2) is 7.60. The minimum absolute atomic E-state index is 0.0621. The number of nitrogens with one attached hydrogen (secondary N) is 3. The number of nitrogens with zero attached hydrogens (tertiary/aromatic N) is 2. The molecule has 1 amide bonds. The molecule has 0 aromatic heterocycles. The molecule has 2 aromatic rings. The smallest absolute Gasteiger partial charge is 0.242 e. The van der Waals surface area contributed by atoms with Gasteiger partial charge in [0, 0.05) is 13.1 Å². The van der Waals surface area contributed by atoms with Gasteiger partial charge in [0.1, 0.15) is 5.75 Å². The Morgan fingerprint density at radius 3 is 2.73 bits per heavy atom. The van der Waals surface area contributed by atoms with Gasteiger partial charge in [-0.3, -0.25) is 10.2 Å². The van der Waals surface area contributed by atoms with Gasteiger partial charge in [-0.25, -0.2) is 4.99 Å². The average molecular weight is 349 g/mol. The second-order valence-corrected chi connectivity index (χ2v) is 5.95. The van der Waals surface area contributed by atoms with Crippen LogP contribution in [0, 0.1) is 10.8 Å². The van der Waals surface area contributed by atoms with Crippen LogP contribution in [0.15, 0.2) is 47.5 Å². The van der Waals surface area contributed by atoms with Gasteiger partial charge >= 0.3 is 0 Å². The van der Waals surface area contributed by atoms with Crippen LogP contribution in [0.5, 0.6) is 5.75 Å². The van der Waals surface area contributed by atoms with Gasteiger partial charge in [-0.15, -0.1) is 0 Å². The van der Waals surface area contributed by atoms with E-state index in [4.69, 9.17) is 10.8 Å². The third-order valence-electron chi connectivity index (χ3n) is 4.15. The Balaban J connectivity index is 1.63.